The summed E-state index contributed by atoms with van der Waals surface area (Å²) in [6.45, 7) is 1.99. The molecular formula is C15H17FN2O2S. The molecule has 0 unspecified atom stereocenters. The van der Waals surface area contributed by atoms with Gasteiger partial charge in [0.25, 0.3) is 0 Å². The maximum Gasteiger partial charge on any atom is 0.176 e. The van der Waals surface area contributed by atoms with Crippen LogP contribution in [0.3, 0.4) is 0 Å². The Morgan fingerprint density at radius 1 is 1.43 bits per heavy atom. The number of thiophene rings is 1. The van der Waals surface area contributed by atoms with E-state index in [-0.39, 0.29) is 11.6 Å². The molecule has 0 saturated heterocycles. The number of Topliss-reactive ketones (excluding diaryl/α,β-unsaturated/α-hetero) is 1. The molecule has 21 heavy (non-hydrogen) atoms. The first-order chi connectivity index (χ1) is 10.0. The number of rotatable bonds is 6. The molecule has 0 aliphatic rings. The summed E-state index contributed by atoms with van der Waals surface area (Å²) in [5.41, 5.74) is 6.88. The molecule has 0 aliphatic heterocycles. The third-order valence-electron chi connectivity index (χ3n) is 3.06. The lowest BCUT2D eigenvalue weighted by atomic mass is 10.1. The minimum absolute atomic E-state index is 0.0991. The first kappa shape index (κ1) is 15.3. The fourth-order valence-corrected chi connectivity index (χ4v) is 3.03. The van der Waals surface area contributed by atoms with Crippen molar-refractivity contribution in [2.75, 3.05) is 24.7 Å². The van der Waals surface area contributed by atoms with Crippen LogP contribution in [0.4, 0.5) is 15.1 Å². The Labute approximate surface area is 126 Å². The second kappa shape index (κ2) is 6.58. The summed E-state index contributed by atoms with van der Waals surface area (Å²) in [6, 6.07) is 6.65. The second-order valence-corrected chi connectivity index (χ2v) is 5.55. The molecular weight excluding hydrogens is 291 g/mol. The molecule has 0 saturated carbocycles. The van der Waals surface area contributed by atoms with E-state index in [2.05, 4.69) is 5.32 Å². The monoisotopic (exact) mass is 308 g/mol. The molecule has 0 amide bonds. The maximum absolute atomic E-state index is 13.5. The predicted octanol–water partition coefficient (Wildman–Crippen LogP) is 3.34. The number of nitrogen functional groups attached to an aromatic ring is 1. The van der Waals surface area contributed by atoms with Crippen molar-refractivity contribution in [3.8, 4) is 5.75 Å². The van der Waals surface area contributed by atoms with Gasteiger partial charge in [0.15, 0.2) is 11.5 Å². The van der Waals surface area contributed by atoms with Gasteiger partial charge in [-0.3, -0.25) is 4.79 Å². The predicted molar refractivity (Wildman–Crippen MR) is 83.9 cm³/mol. The van der Waals surface area contributed by atoms with Gasteiger partial charge in [0.1, 0.15) is 10.8 Å². The minimum atomic E-state index is -0.221. The number of methoxy groups -OCH3 is 1. The average molecular weight is 308 g/mol. The van der Waals surface area contributed by atoms with E-state index in [9.17, 15) is 9.18 Å². The summed E-state index contributed by atoms with van der Waals surface area (Å²) in [4.78, 5) is 12.0. The summed E-state index contributed by atoms with van der Waals surface area (Å²) in [6.07, 6.45) is 0.531. The highest BCUT2D eigenvalue weighted by Crippen LogP contribution is 2.42. The summed E-state index contributed by atoms with van der Waals surface area (Å²) in [5.74, 6) is 0.151. The lowest BCUT2D eigenvalue weighted by Crippen LogP contribution is -2.06. The molecule has 0 spiro atoms. The Bertz CT molecular complexity index is 655. The molecule has 1 heterocycles. The van der Waals surface area contributed by atoms with Gasteiger partial charge in [-0.25, -0.2) is 4.39 Å². The van der Waals surface area contributed by atoms with E-state index >= 15 is 0 Å². The van der Waals surface area contributed by atoms with Crippen LogP contribution >= 0.6 is 11.3 Å². The first-order valence-electron chi connectivity index (χ1n) is 6.49. The van der Waals surface area contributed by atoms with Gasteiger partial charge in [0.05, 0.1) is 17.7 Å². The van der Waals surface area contributed by atoms with E-state index in [1.165, 1.54) is 31.4 Å². The number of ketones is 1. The van der Waals surface area contributed by atoms with E-state index in [1.807, 2.05) is 0 Å². The number of nitrogens with two attached hydrogens (primary N) is 1. The normalized spacial score (nSPS) is 10.4. The van der Waals surface area contributed by atoms with Crippen molar-refractivity contribution < 1.29 is 13.9 Å². The Balaban J connectivity index is 2.08. The first-order valence-corrected chi connectivity index (χ1v) is 7.30. The van der Waals surface area contributed by atoms with Gasteiger partial charge in [-0.1, -0.05) is 18.2 Å². The largest absolute Gasteiger partial charge is 0.492 e. The highest BCUT2D eigenvalue weighted by Gasteiger charge is 2.19. The van der Waals surface area contributed by atoms with Crippen molar-refractivity contribution in [2.24, 2.45) is 0 Å². The van der Waals surface area contributed by atoms with Crippen LogP contribution in [0, 0.1) is 5.82 Å². The van der Waals surface area contributed by atoms with Crippen molar-refractivity contribution in [1.29, 1.82) is 0 Å². The van der Waals surface area contributed by atoms with E-state index in [0.29, 0.717) is 39.8 Å². The van der Waals surface area contributed by atoms with Crippen LogP contribution in [0.25, 0.3) is 0 Å². The number of carbonyl (C=O) groups is 1. The third-order valence-corrected chi connectivity index (χ3v) is 4.31. The van der Waals surface area contributed by atoms with Crippen molar-refractivity contribution >= 4 is 27.8 Å². The van der Waals surface area contributed by atoms with Crippen LogP contribution in [0.2, 0.25) is 0 Å². The molecule has 2 aromatic rings. The molecule has 112 valence electrons. The van der Waals surface area contributed by atoms with Crippen LogP contribution in [-0.4, -0.2) is 19.4 Å². The van der Waals surface area contributed by atoms with Crippen LogP contribution in [0.15, 0.2) is 24.3 Å². The Morgan fingerprint density at radius 3 is 2.76 bits per heavy atom. The van der Waals surface area contributed by atoms with Crippen LogP contribution < -0.4 is 15.8 Å². The maximum atomic E-state index is 13.5. The minimum Gasteiger partial charge on any atom is -0.492 e. The summed E-state index contributed by atoms with van der Waals surface area (Å²) < 4.78 is 18.8. The molecule has 2 rings (SSSR count). The van der Waals surface area contributed by atoms with Crippen LogP contribution in [-0.2, 0) is 6.42 Å². The smallest absolute Gasteiger partial charge is 0.176 e. The van der Waals surface area contributed by atoms with Crippen molar-refractivity contribution in [3.05, 3.63) is 40.5 Å². The van der Waals surface area contributed by atoms with E-state index in [1.54, 1.807) is 18.2 Å². The summed E-state index contributed by atoms with van der Waals surface area (Å²) in [7, 11) is 1.50. The number of ether oxygens (including phenoxy) is 1. The SMILES string of the molecule is COc1c(NCCc2ccccc2F)sc(C(C)=O)c1N. The molecule has 6 heteroatoms. The number of carbonyl (C=O) groups excluding carboxylic acids is 1. The molecule has 3 N–H and O–H groups in total. The van der Waals surface area contributed by atoms with Gasteiger partial charge in [0, 0.05) is 13.5 Å². The molecule has 0 radical (unpaired) electrons. The van der Waals surface area contributed by atoms with Gasteiger partial charge < -0.3 is 15.8 Å². The van der Waals surface area contributed by atoms with Gasteiger partial charge in [-0.15, -0.1) is 11.3 Å². The number of halogens is 1. The average Bonchev–Trinajstić information content (AvgIpc) is 2.77. The van der Waals surface area contributed by atoms with E-state index in [0.717, 1.165) is 0 Å². The van der Waals surface area contributed by atoms with Crippen molar-refractivity contribution in [2.45, 2.75) is 13.3 Å². The van der Waals surface area contributed by atoms with Gasteiger partial charge in [0.2, 0.25) is 0 Å². The van der Waals surface area contributed by atoms with Crippen molar-refractivity contribution in [1.82, 2.24) is 0 Å². The van der Waals surface area contributed by atoms with Crippen LogP contribution in [0.5, 0.6) is 5.75 Å². The Morgan fingerprint density at radius 2 is 2.14 bits per heavy atom. The zero-order chi connectivity index (χ0) is 15.4. The molecule has 0 fully saturated rings. The standard InChI is InChI=1S/C15H17FN2O2S/c1-9(19)14-12(17)13(20-2)15(21-14)18-8-7-10-5-3-4-6-11(10)16/h3-6,18H,7-8,17H2,1-2H3. The molecule has 1 aromatic carbocycles. The number of hydrogen-bond donors (Lipinski definition) is 2. The number of anilines is 2. The zero-order valence-electron chi connectivity index (χ0n) is 11.9. The second-order valence-electron chi connectivity index (χ2n) is 4.53. The number of nitrogens with one attached hydrogen (secondary N) is 1. The van der Waals surface area contributed by atoms with Gasteiger partial charge in [-0.2, -0.15) is 0 Å². The summed E-state index contributed by atoms with van der Waals surface area (Å²) >= 11 is 1.25. The van der Waals surface area contributed by atoms with Gasteiger partial charge in [-0.05, 0) is 18.1 Å². The van der Waals surface area contributed by atoms with E-state index in [4.69, 9.17) is 10.5 Å². The fraction of sp³-hybridized carbons (Fsp3) is 0.267. The quantitative estimate of drug-likeness (QED) is 0.803. The summed E-state index contributed by atoms with van der Waals surface area (Å²) in [5, 5.41) is 3.84. The zero-order valence-corrected chi connectivity index (χ0v) is 12.7. The molecule has 0 atom stereocenters. The lowest BCUT2D eigenvalue weighted by Gasteiger charge is -2.07. The Hall–Kier alpha value is -2.08. The highest BCUT2D eigenvalue weighted by atomic mass is 32.1. The topological polar surface area (TPSA) is 64.3 Å². The lowest BCUT2D eigenvalue weighted by molar-refractivity contribution is 0.102. The molecule has 4 nitrogen and oxygen atoms in total. The molecule has 0 aliphatic carbocycles. The number of hydrogen-bond acceptors (Lipinski definition) is 5. The molecule has 1 aromatic heterocycles. The fourth-order valence-electron chi connectivity index (χ4n) is 2.02. The third kappa shape index (κ3) is 3.33. The van der Waals surface area contributed by atoms with Gasteiger partial charge >= 0.3 is 0 Å². The highest BCUT2D eigenvalue weighted by molar-refractivity contribution is 7.19. The number of benzene rings is 1. The van der Waals surface area contributed by atoms with Crippen molar-refractivity contribution in [3.63, 3.8) is 0 Å². The van der Waals surface area contributed by atoms with Crippen LogP contribution in [0.1, 0.15) is 22.2 Å². The molecule has 0 bridgehead atoms. The Kier molecular flexibility index (Phi) is 4.80. The van der Waals surface area contributed by atoms with E-state index < -0.39 is 0 Å².